The number of benzene rings is 1. The molecule has 1 aromatic heterocycles. The predicted molar refractivity (Wildman–Crippen MR) is 79.8 cm³/mol. The summed E-state index contributed by atoms with van der Waals surface area (Å²) in [6.45, 7) is 5.13. The number of nitrogens with one attached hydrogen (secondary N) is 1. The van der Waals surface area contributed by atoms with Gasteiger partial charge in [-0.2, -0.15) is 0 Å². The van der Waals surface area contributed by atoms with Crippen molar-refractivity contribution in [3.8, 4) is 0 Å². The predicted octanol–water partition coefficient (Wildman–Crippen LogP) is 3.56. The molecule has 1 N–H and O–H groups in total. The SMILES string of the molecule is Cc1nnc(Sc2ccc(CNC3CC3)cc2C)s1. The van der Waals surface area contributed by atoms with Crippen LogP contribution < -0.4 is 5.32 Å². The third-order valence-electron chi connectivity index (χ3n) is 3.12. The molecule has 0 bridgehead atoms. The van der Waals surface area contributed by atoms with E-state index in [-0.39, 0.29) is 0 Å². The fourth-order valence-corrected chi connectivity index (χ4v) is 3.74. The van der Waals surface area contributed by atoms with E-state index in [0.29, 0.717) is 0 Å². The molecule has 19 heavy (non-hydrogen) atoms. The smallest absolute Gasteiger partial charge is 0.179 e. The summed E-state index contributed by atoms with van der Waals surface area (Å²) in [4.78, 5) is 1.27. The molecule has 0 atom stereocenters. The largest absolute Gasteiger partial charge is 0.310 e. The van der Waals surface area contributed by atoms with Crippen LogP contribution in [0.15, 0.2) is 27.4 Å². The van der Waals surface area contributed by atoms with Crippen LogP contribution in [0.2, 0.25) is 0 Å². The molecule has 1 aromatic carbocycles. The lowest BCUT2D eigenvalue weighted by atomic mass is 10.1. The van der Waals surface area contributed by atoms with Crippen LogP contribution in [-0.2, 0) is 6.54 Å². The Hall–Kier alpha value is -0.910. The zero-order valence-corrected chi connectivity index (χ0v) is 12.8. The van der Waals surface area contributed by atoms with E-state index < -0.39 is 0 Å². The van der Waals surface area contributed by atoms with Crippen LogP contribution >= 0.6 is 23.1 Å². The fraction of sp³-hybridized carbons (Fsp3) is 0.429. The van der Waals surface area contributed by atoms with Gasteiger partial charge in [0.25, 0.3) is 0 Å². The van der Waals surface area contributed by atoms with Gasteiger partial charge in [-0.05, 0) is 43.9 Å². The molecule has 2 aromatic rings. The summed E-state index contributed by atoms with van der Waals surface area (Å²) in [7, 11) is 0. The molecule has 1 heterocycles. The van der Waals surface area contributed by atoms with Gasteiger partial charge >= 0.3 is 0 Å². The van der Waals surface area contributed by atoms with Gasteiger partial charge in [0.1, 0.15) is 5.01 Å². The van der Waals surface area contributed by atoms with Crippen molar-refractivity contribution in [3.63, 3.8) is 0 Å². The molecule has 1 aliphatic carbocycles. The van der Waals surface area contributed by atoms with Gasteiger partial charge in [-0.15, -0.1) is 10.2 Å². The van der Waals surface area contributed by atoms with E-state index in [0.717, 1.165) is 21.9 Å². The van der Waals surface area contributed by atoms with Gasteiger partial charge in [0, 0.05) is 17.5 Å². The average Bonchev–Trinajstić information content (AvgIpc) is 3.13. The molecule has 5 heteroatoms. The lowest BCUT2D eigenvalue weighted by Crippen LogP contribution is -2.15. The van der Waals surface area contributed by atoms with Gasteiger partial charge in [0.15, 0.2) is 4.34 Å². The van der Waals surface area contributed by atoms with Crippen LogP contribution in [-0.4, -0.2) is 16.2 Å². The van der Waals surface area contributed by atoms with Crippen molar-refractivity contribution in [1.29, 1.82) is 0 Å². The van der Waals surface area contributed by atoms with Crippen LogP contribution in [0.3, 0.4) is 0 Å². The van der Waals surface area contributed by atoms with E-state index >= 15 is 0 Å². The Morgan fingerprint density at radius 3 is 2.79 bits per heavy atom. The van der Waals surface area contributed by atoms with E-state index in [4.69, 9.17) is 0 Å². The quantitative estimate of drug-likeness (QED) is 0.914. The molecule has 0 aliphatic heterocycles. The van der Waals surface area contributed by atoms with Gasteiger partial charge in [-0.3, -0.25) is 0 Å². The Balaban J connectivity index is 1.67. The van der Waals surface area contributed by atoms with Crippen molar-refractivity contribution < 1.29 is 0 Å². The van der Waals surface area contributed by atoms with Crippen molar-refractivity contribution in [2.75, 3.05) is 0 Å². The molecular formula is C14H17N3S2. The summed E-state index contributed by atoms with van der Waals surface area (Å²) in [5, 5.41) is 12.8. The van der Waals surface area contributed by atoms with Gasteiger partial charge in [-0.25, -0.2) is 0 Å². The summed E-state index contributed by atoms with van der Waals surface area (Å²) in [6, 6.07) is 7.43. The second-order valence-corrected chi connectivity index (χ2v) is 7.41. The maximum Gasteiger partial charge on any atom is 0.179 e. The summed E-state index contributed by atoms with van der Waals surface area (Å²) in [5.41, 5.74) is 2.68. The van der Waals surface area contributed by atoms with Gasteiger partial charge in [0.2, 0.25) is 0 Å². The second-order valence-electron chi connectivity index (χ2n) is 4.94. The fourth-order valence-electron chi connectivity index (χ4n) is 1.90. The number of aromatic nitrogens is 2. The number of hydrogen-bond acceptors (Lipinski definition) is 5. The van der Waals surface area contributed by atoms with Crippen LogP contribution in [0.4, 0.5) is 0 Å². The van der Waals surface area contributed by atoms with Gasteiger partial charge < -0.3 is 5.32 Å². The molecule has 0 saturated heterocycles. The van der Waals surface area contributed by atoms with E-state index in [9.17, 15) is 0 Å². The Morgan fingerprint density at radius 2 is 2.16 bits per heavy atom. The van der Waals surface area contributed by atoms with Crippen molar-refractivity contribution in [2.45, 2.75) is 48.5 Å². The minimum Gasteiger partial charge on any atom is -0.310 e. The van der Waals surface area contributed by atoms with E-state index in [1.165, 1.54) is 28.9 Å². The first kappa shape index (κ1) is 13.1. The second kappa shape index (κ2) is 5.61. The number of aryl methyl sites for hydroxylation is 2. The Kier molecular flexibility index (Phi) is 3.86. The molecular weight excluding hydrogens is 274 g/mol. The van der Waals surface area contributed by atoms with Crippen LogP contribution in [0, 0.1) is 13.8 Å². The topological polar surface area (TPSA) is 37.8 Å². The molecule has 100 valence electrons. The standard InChI is InChI=1S/C14H17N3S2/c1-9-7-11(8-15-12-4-5-12)3-6-13(9)19-14-17-16-10(2)18-14/h3,6-7,12,15H,4-5,8H2,1-2H3. The summed E-state index contributed by atoms with van der Waals surface area (Å²) >= 11 is 3.35. The minimum absolute atomic E-state index is 0.763. The number of nitrogens with zero attached hydrogens (tertiary/aromatic N) is 2. The average molecular weight is 291 g/mol. The summed E-state index contributed by atoms with van der Waals surface area (Å²) < 4.78 is 1.02. The molecule has 1 aliphatic rings. The molecule has 0 radical (unpaired) electrons. The molecule has 1 fully saturated rings. The van der Waals surface area contributed by atoms with E-state index in [1.807, 2.05) is 6.92 Å². The molecule has 0 amide bonds. The highest BCUT2D eigenvalue weighted by Crippen LogP contribution is 2.32. The number of rotatable bonds is 5. The molecule has 0 spiro atoms. The van der Waals surface area contributed by atoms with E-state index in [2.05, 4.69) is 40.6 Å². The zero-order chi connectivity index (χ0) is 13.2. The molecule has 3 nitrogen and oxygen atoms in total. The first-order valence-electron chi connectivity index (χ1n) is 6.51. The molecule has 3 rings (SSSR count). The first-order valence-corrected chi connectivity index (χ1v) is 8.15. The van der Waals surface area contributed by atoms with Gasteiger partial charge in [-0.1, -0.05) is 35.2 Å². The first-order chi connectivity index (χ1) is 9.20. The van der Waals surface area contributed by atoms with Crippen LogP contribution in [0.25, 0.3) is 0 Å². The zero-order valence-electron chi connectivity index (χ0n) is 11.1. The highest BCUT2D eigenvalue weighted by molar-refractivity contribution is 8.01. The highest BCUT2D eigenvalue weighted by atomic mass is 32.2. The Bertz CT molecular complexity index is 576. The van der Waals surface area contributed by atoms with E-state index in [1.54, 1.807) is 23.1 Å². The third kappa shape index (κ3) is 3.55. The van der Waals surface area contributed by atoms with Crippen molar-refractivity contribution in [2.24, 2.45) is 0 Å². The van der Waals surface area contributed by atoms with Crippen LogP contribution in [0.5, 0.6) is 0 Å². The summed E-state index contributed by atoms with van der Waals surface area (Å²) in [6.07, 6.45) is 2.67. The number of hydrogen-bond donors (Lipinski definition) is 1. The normalized spacial score (nSPS) is 14.8. The van der Waals surface area contributed by atoms with Gasteiger partial charge in [0.05, 0.1) is 0 Å². The Labute approximate surface area is 121 Å². The van der Waals surface area contributed by atoms with Crippen molar-refractivity contribution in [1.82, 2.24) is 15.5 Å². The van der Waals surface area contributed by atoms with Crippen molar-refractivity contribution >= 4 is 23.1 Å². The Morgan fingerprint density at radius 1 is 1.32 bits per heavy atom. The molecule has 0 unspecified atom stereocenters. The maximum absolute atomic E-state index is 4.16. The lowest BCUT2D eigenvalue weighted by molar-refractivity contribution is 0.687. The lowest BCUT2D eigenvalue weighted by Gasteiger charge is -2.07. The molecule has 1 saturated carbocycles. The monoisotopic (exact) mass is 291 g/mol. The van der Waals surface area contributed by atoms with Crippen molar-refractivity contribution in [3.05, 3.63) is 34.3 Å². The maximum atomic E-state index is 4.16. The minimum atomic E-state index is 0.763. The summed E-state index contributed by atoms with van der Waals surface area (Å²) in [5.74, 6) is 0. The van der Waals surface area contributed by atoms with Crippen LogP contribution in [0.1, 0.15) is 29.0 Å². The highest BCUT2D eigenvalue weighted by Gasteiger charge is 2.19. The third-order valence-corrected chi connectivity index (χ3v) is 5.18.